The van der Waals surface area contributed by atoms with Crippen molar-refractivity contribution in [2.45, 2.75) is 30.6 Å². The molecular formula is C25H22N2S. The Labute approximate surface area is 170 Å². The minimum Gasteiger partial charge on any atom is -0.251 e. The van der Waals surface area contributed by atoms with Gasteiger partial charge in [-0.2, -0.15) is 0 Å². The predicted octanol–water partition coefficient (Wildman–Crippen LogP) is 7.14. The van der Waals surface area contributed by atoms with Gasteiger partial charge in [-0.3, -0.25) is 4.99 Å². The van der Waals surface area contributed by atoms with E-state index in [9.17, 15) is 0 Å². The lowest BCUT2D eigenvalue weighted by Gasteiger charge is -2.09. The van der Waals surface area contributed by atoms with Crippen LogP contribution in [0, 0.1) is 13.8 Å². The number of para-hydroxylation sites is 2. The van der Waals surface area contributed by atoms with Crippen LogP contribution >= 0.6 is 11.8 Å². The molecule has 4 aromatic rings. The van der Waals surface area contributed by atoms with Crippen molar-refractivity contribution < 1.29 is 0 Å². The van der Waals surface area contributed by atoms with Gasteiger partial charge in [-0.05, 0) is 56.2 Å². The number of pyridine rings is 1. The molecule has 0 aliphatic carbocycles. The summed E-state index contributed by atoms with van der Waals surface area (Å²) in [5, 5.41) is 1.14. The topological polar surface area (TPSA) is 25.2 Å². The second-order valence-corrected chi connectivity index (χ2v) is 7.99. The molecular weight excluding hydrogens is 360 g/mol. The standard InChI is InChI=1S/C25H22N2S/c1-17-9-7-10-18(2)24(17)26-19(3)22-16-15-20-11-8-14-23(25(20)27-22)28-21-12-5-4-6-13-21/h4-16H,1-3H3. The van der Waals surface area contributed by atoms with Gasteiger partial charge in [0, 0.05) is 15.2 Å². The zero-order chi connectivity index (χ0) is 19.5. The van der Waals surface area contributed by atoms with Gasteiger partial charge < -0.3 is 0 Å². The Balaban J connectivity index is 1.76. The van der Waals surface area contributed by atoms with Crippen molar-refractivity contribution in [1.29, 1.82) is 0 Å². The van der Waals surface area contributed by atoms with Crippen LogP contribution in [0.2, 0.25) is 0 Å². The summed E-state index contributed by atoms with van der Waals surface area (Å²) in [6.45, 7) is 6.23. The number of aryl methyl sites for hydroxylation is 2. The number of benzene rings is 3. The lowest BCUT2D eigenvalue weighted by atomic mass is 10.1. The van der Waals surface area contributed by atoms with Gasteiger partial charge in [0.25, 0.3) is 0 Å². The van der Waals surface area contributed by atoms with Crippen LogP contribution < -0.4 is 0 Å². The molecule has 0 bridgehead atoms. The fraction of sp³-hybridized carbons (Fsp3) is 0.120. The number of fused-ring (bicyclic) bond motifs is 1. The fourth-order valence-corrected chi connectivity index (χ4v) is 4.18. The minimum absolute atomic E-state index is 0.913. The third-order valence-corrected chi connectivity index (χ3v) is 5.80. The average molecular weight is 383 g/mol. The monoisotopic (exact) mass is 382 g/mol. The van der Waals surface area contributed by atoms with Gasteiger partial charge in [-0.15, -0.1) is 0 Å². The molecule has 1 aromatic heterocycles. The first-order valence-electron chi connectivity index (χ1n) is 9.36. The van der Waals surface area contributed by atoms with Crippen LogP contribution in [0.25, 0.3) is 10.9 Å². The first-order chi connectivity index (χ1) is 13.6. The van der Waals surface area contributed by atoms with Gasteiger partial charge in [0.2, 0.25) is 0 Å². The smallest absolute Gasteiger partial charge is 0.0850 e. The molecule has 0 radical (unpaired) electrons. The highest BCUT2D eigenvalue weighted by Gasteiger charge is 2.09. The van der Waals surface area contributed by atoms with Crippen molar-refractivity contribution in [2.75, 3.05) is 0 Å². The molecule has 3 aromatic carbocycles. The molecule has 4 rings (SSSR count). The quantitative estimate of drug-likeness (QED) is 0.350. The van der Waals surface area contributed by atoms with Gasteiger partial charge in [0.15, 0.2) is 0 Å². The van der Waals surface area contributed by atoms with Gasteiger partial charge in [0.1, 0.15) is 0 Å². The summed E-state index contributed by atoms with van der Waals surface area (Å²) in [7, 11) is 0. The van der Waals surface area contributed by atoms with E-state index in [0.717, 1.165) is 32.9 Å². The molecule has 0 N–H and O–H groups in total. The molecule has 0 unspecified atom stereocenters. The van der Waals surface area contributed by atoms with E-state index in [1.165, 1.54) is 16.0 Å². The Kier molecular flexibility index (Phi) is 5.27. The number of aromatic nitrogens is 1. The number of nitrogens with zero attached hydrogens (tertiary/aromatic N) is 2. The molecule has 0 saturated heterocycles. The Hall–Kier alpha value is -2.91. The fourth-order valence-electron chi connectivity index (χ4n) is 3.23. The van der Waals surface area contributed by atoms with Gasteiger partial charge >= 0.3 is 0 Å². The lowest BCUT2D eigenvalue weighted by Crippen LogP contribution is -1.99. The molecule has 0 atom stereocenters. The Morgan fingerprint density at radius 1 is 0.786 bits per heavy atom. The largest absolute Gasteiger partial charge is 0.251 e. The van der Waals surface area contributed by atoms with E-state index in [1.54, 1.807) is 11.8 Å². The molecule has 0 fully saturated rings. The Morgan fingerprint density at radius 3 is 2.25 bits per heavy atom. The second-order valence-electron chi connectivity index (χ2n) is 6.88. The third-order valence-electron chi connectivity index (χ3n) is 4.74. The zero-order valence-corrected chi connectivity index (χ0v) is 17.1. The highest BCUT2D eigenvalue weighted by atomic mass is 32.2. The summed E-state index contributed by atoms with van der Waals surface area (Å²) >= 11 is 1.74. The molecule has 2 nitrogen and oxygen atoms in total. The van der Waals surface area contributed by atoms with Crippen molar-refractivity contribution in [3.63, 3.8) is 0 Å². The van der Waals surface area contributed by atoms with E-state index >= 15 is 0 Å². The molecule has 0 aliphatic rings. The van der Waals surface area contributed by atoms with E-state index in [2.05, 4.69) is 86.6 Å². The molecule has 1 heterocycles. The molecule has 3 heteroatoms. The van der Waals surface area contributed by atoms with Gasteiger partial charge in [0.05, 0.1) is 22.6 Å². The summed E-state index contributed by atoms with van der Waals surface area (Å²) in [6.07, 6.45) is 0. The zero-order valence-electron chi connectivity index (χ0n) is 16.3. The first-order valence-corrected chi connectivity index (χ1v) is 10.2. The van der Waals surface area contributed by atoms with Crippen LogP contribution in [-0.2, 0) is 0 Å². The first kappa shape index (κ1) is 18.5. The SMILES string of the molecule is CC(=Nc1c(C)cccc1C)c1ccc2cccc(Sc3ccccc3)c2n1. The Morgan fingerprint density at radius 2 is 1.50 bits per heavy atom. The number of hydrogen-bond acceptors (Lipinski definition) is 3. The average Bonchev–Trinajstić information content (AvgIpc) is 2.71. The van der Waals surface area contributed by atoms with Crippen LogP contribution in [0.3, 0.4) is 0 Å². The number of aliphatic imine (C=N–C) groups is 1. The predicted molar refractivity (Wildman–Crippen MR) is 120 cm³/mol. The summed E-state index contributed by atoms with van der Waals surface area (Å²) in [4.78, 5) is 12.2. The lowest BCUT2D eigenvalue weighted by molar-refractivity contribution is 1.28. The summed E-state index contributed by atoms with van der Waals surface area (Å²) in [6, 6.07) is 27.2. The van der Waals surface area contributed by atoms with Crippen LogP contribution in [0.5, 0.6) is 0 Å². The molecule has 0 saturated carbocycles. The van der Waals surface area contributed by atoms with Gasteiger partial charge in [-0.1, -0.05) is 66.4 Å². The molecule has 0 amide bonds. The molecule has 0 spiro atoms. The van der Waals surface area contributed by atoms with Crippen LogP contribution in [-0.4, -0.2) is 10.7 Å². The van der Waals surface area contributed by atoms with Crippen LogP contribution in [0.15, 0.2) is 93.6 Å². The highest BCUT2D eigenvalue weighted by molar-refractivity contribution is 7.99. The van der Waals surface area contributed by atoms with Crippen molar-refractivity contribution in [3.8, 4) is 0 Å². The van der Waals surface area contributed by atoms with Crippen molar-refractivity contribution >= 4 is 34.1 Å². The number of hydrogen-bond donors (Lipinski definition) is 0. The number of rotatable bonds is 4. The summed E-state index contributed by atoms with van der Waals surface area (Å²) in [5.74, 6) is 0. The van der Waals surface area contributed by atoms with E-state index in [1.807, 2.05) is 13.0 Å². The highest BCUT2D eigenvalue weighted by Crippen LogP contribution is 2.33. The molecule has 0 aliphatic heterocycles. The minimum atomic E-state index is 0.913. The van der Waals surface area contributed by atoms with Crippen molar-refractivity contribution in [1.82, 2.24) is 4.98 Å². The van der Waals surface area contributed by atoms with E-state index in [-0.39, 0.29) is 0 Å². The molecule has 28 heavy (non-hydrogen) atoms. The maximum absolute atomic E-state index is 4.98. The maximum Gasteiger partial charge on any atom is 0.0850 e. The van der Waals surface area contributed by atoms with E-state index in [4.69, 9.17) is 9.98 Å². The Bertz CT molecular complexity index is 1140. The summed E-state index contributed by atoms with van der Waals surface area (Å²) < 4.78 is 0. The van der Waals surface area contributed by atoms with Crippen LogP contribution in [0.4, 0.5) is 5.69 Å². The molecule has 138 valence electrons. The van der Waals surface area contributed by atoms with Crippen molar-refractivity contribution in [3.05, 3.63) is 95.7 Å². The van der Waals surface area contributed by atoms with Gasteiger partial charge in [-0.25, -0.2) is 4.98 Å². The summed E-state index contributed by atoms with van der Waals surface area (Å²) in [5.41, 5.74) is 6.26. The third kappa shape index (κ3) is 3.85. The van der Waals surface area contributed by atoms with E-state index in [0.29, 0.717) is 0 Å². The van der Waals surface area contributed by atoms with E-state index < -0.39 is 0 Å². The second kappa shape index (κ2) is 7.99. The normalized spacial score (nSPS) is 11.8. The van der Waals surface area contributed by atoms with Crippen molar-refractivity contribution in [2.24, 2.45) is 4.99 Å². The maximum atomic E-state index is 4.98. The van der Waals surface area contributed by atoms with Crippen LogP contribution in [0.1, 0.15) is 23.7 Å².